The van der Waals surface area contributed by atoms with E-state index in [1.165, 1.54) is 12.1 Å². The highest BCUT2D eigenvalue weighted by atomic mass is 32.2. The van der Waals surface area contributed by atoms with Crippen LogP contribution in [0.15, 0.2) is 23.1 Å². The van der Waals surface area contributed by atoms with Gasteiger partial charge in [0.2, 0.25) is 10.0 Å². The Kier molecular flexibility index (Phi) is 3.44. The standard InChI is InChI=1S/C12H17FN2O2S/c1-12(5-2-6-12)15-18(16,17)11-7-10(13)4-3-9(11)8-14/h3-4,7,15H,2,5-6,8,14H2,1H3. The Morgan fingerprint density at radius 2 is 2.11 bits per heavy atom. The monoisotopic (exact) mass is 272 g/mol. The summed E-state index contributed by atoms with van der Waals surface area (Å²) in [5.74, 6) is -0.577. The zero-order chi connectivity index (χ0) is 13.4. The topological polar surface area (TPSA) is 72.2 Å². The van der Waals surface area contributed by atoms with Crippen LogP contribution >= 0.6 is 0 Å². The second-order valence-electron chi connectivity index (χ2n) is 4.98. The van der Waals surface area contributed by atoms with Crippen LogP contribution in [0.4, 0.5) is 4.39 Å². The molecule has 100 valence electrons. The second kappa shape index (κ2) is 4.60. The molecule has 4 nitrogen and oxygen atoms in total. The summed E-state index contributed by atoms with van der Waals surface area (Å²) in [6.07, 6.45) is 2.62. The van der Waals surface area contributed by atoms with Crippen molar-refractivity contribution in [3.63, 3.8) is 0 Å². The number of benzene rings is 1. The first-order valence-corrected chi connectivity index (χ1v) is 7.37. The van der Waals surface area contributed by atoms with Crippen LogP contribution in [-0.4, -0.2) is 14.0 Å². The predicted octanol–water partition coefficient (Wildman–Crippen LogP) is 1.51. The first-order chi connectivity index (χ1) is 8.36. The van der Waals surface area contributed by atoms with Crippen LogP contribution in [0.1, 0.15) is 31.7 Å². The molecule has 0 unspecified atom stereocenters. The Bertz CT molecular complexity index is 553. The fraction of sp³-hybridized carbons (Fsp3) is 0.500. The van der Waals surface area contributed by atoms with E-state index in [0.717, 1.165) is 25.3 Å². The van der Waals surface area contributed by atoms with E-state index >= 15 is 0 Å². The van der Waals surface area contributed by atoms with Crippen molar-refractivity contribution in [1.82, 2.24) is 4.72 Å². The fourth-order valence-corrected chi connectivity index (χ4v) is 3.86. The molecule has 0 aromatic heterocycles. The summed E-state index contributed by atoms with van der Waals surface area (Å²) in [5.41, 5.74) is 5.51. The first-order valence-electron chi connectivity index (χ1n) is 5.89. The van der Waals surface area contributed by atoms with Gasteiger partial charge in [0, 0.05) is 12.1 Å². The molecule has 0 saturated heterocycles. The van der Waals surface area contributed by atoms with Crippen molar-refractivity contribution in [2.45, 2.75) is 43.2 Å². The van der Waals surface area contributed by atoms with Gasteiger partial charge in [0.15, 0.2) is 0 Å². The normalized spacial score (nSPS) is 18.4. The SMILES string of the molecule is CC1(NS(=O)(=O)c2cc(F)ccc2CN)CCC1. The minimum absolute atomic E-state index is 0.0573. The van der Waals surface area contributed by atoms with Crippen molar-refractivity contribution in [2.75, 3.05) is 0 Å². The molecule has 0 spiro atoms. The van der Waals surface area contributed by atoms with E-state index in [1.807, 2.05) is 6.92 Å². The lowest BCUT2D eigenvalue weighted by molar-refractivity contribution is 0.248. The van der Waals surface area contributed by atoms with Crippen LogP contribution in [0.2, 0.25) is 0 Å². The molecular weight excluding hydrogens is 255 g/mol. The molecule has 0 radical (unpaired) electrons. The van der Waals surface area contributed by atoms with Crippen LogP contribution in [0, 0.1) is 5.82 Å². The minimum atomic E-state index is -3.71. The van der Waals surface area contributed by atoms with Gasteiger partial charge >= 0.3 is 0 Å². The molecule has 3 N–H and O–H groups in total. The predicted molar refractivity (Wildman–Crippen MR) is 66.9 cm³/mol. The molecule has 1 aromatic rings. The quantitative estimate of drug-likeness (QED) is 0.872. The zero-order valence-corrected chi connectivity index (χ0v) is 11.1. The highest BCUT2D eigenvalue weighted by molar-refractivity contribution is 7.89. The molecule has 0 amide bonds. The van der Waals surface area contributed by atoms with Gasteiger partial charge in [0.25, 0.3) is 0 Å². The van der Waals surface area contributed by atoms with Crippen LogP contribution in [0.3, 0.4) is 0 Å². The maximum atomic E-state index is 13.2. The summed E-state index contributed by atoms with van der Waals surface area (Å²) in [6, 6.07) is 3.64. The van der Waals surface area contributed by atoms with Gasteiger partial charge in [-0.3, -0.25) is 0 Å². The number of sulfonamides is 1. The number of hydrogen-bond acceptors (Lipinski definition) is 3. The van der Waals surface area contributed by atoms with Crippen LogP contribution in [-0.2, 0) is 16.6 Å². The van der Waals surface area contributed by atoms with Gasteiger partial charge in [0.05, 0.1) is 4.90 Å². The van der Waals surface area contributed by atoms with Crippen molar-refractivity contribution in [3.05, 3.63) is 29.6 Å². The maximum Gasteiger partial charge on any atom is 0.241 e. The number of nitrogens with two attached hydrogens (primary N) is 1. The highest BCUT2D eigenvalue weighted by Gasteiger charge is 2.36. The summed E-state index contributed by atoms with van der Waals surface area (Å²) in [4.78, 5) is -0.0573. The van der Waals surface area contributed by atoms with E-state index in [1.54, 1.807) is 0 Å². The molecule has 0 heterocycles. The number of nitrogens with one attached hydrogen (secondary N) is 1. The van der Waals surface area contributed by atoms with Crippen molar-refractivity contribution in [2.24, 2.45) is 5.73 Å². The Morgan fingerprint density at radius 3 is 2.61 bits per heavy atom. The molecule has 1 aliphatic carbocycles. The highest BCUT2D eigenvalue weighted by Crippen LogP contribution is 2.33. The summed E-state index contributed by atoms with van der Waals surface area (Å²) in [7, 11) is -3.71. The lowest BCUT2D eigenvalue weighted by Gasteiger charge is -2.38. The van der Waals surface area contributed by atoms with Crippen molar-refractivity contribution in [3.8, 4) is 0 Å². The molecule has 6 heteroatoms. The third-order valence-electron chi connectivity index (χ3n) is 3.38. The first kappa shape index (κ1) is 13.5. The average Bonchev–Trinajstić information content (AvgIpc) is 2.26. The maximum absolute atomic E-state index is 13.2. The average molecular weight is 272 g/mol. The molecular formula is C12H17FN2O2S. The van der Waals surface area contributed by atoms with E-state index in [4.69, 9.17) is 5.73 Å². The number of rotatable bonds is 4. The van der Waals surface area contributed by atoms with Crippen LogP contribution < -0.4 is 10.5 Å². The largest absolute Gasteiger partial charge is 0.326 e. The molecule has 1 saturated carbocycles. The summed E-state index contributed by atoms with van der Waals surface area (Å²) in [6.45, 7) is 1.92. The fourth-order valence-electron chi connectivity index (χ4n) is 2.14. The molecule has 0 bridgehead atoms. The van der Waals surface area contributed by atoms with Gasteiger partial charge in [0.1, 0.15) is 5.82 Å². The third kappa shape index (κ3) is 2.55. The van der Waals surface area contributed by atoms with Crippen molar-refractivity contribution in [1.29, 1.82) is 0 Å². The van der Waals surface area contributed by atoms with E-state index in [9.17, 15) is 12.8 Å². The van der Waals surface area contributed by atoms with Gasteiger partial charge in [-0.2, -0.15) is 0 Å². The van der Waals surface area contributed by atoms with E-state index in [2.05, 4.69) is 4.72 Å². The lowest BCUT2D eigenvalue weighted by Crippen LogP contribution is -2.50. The van der Waals surface area contributed by atoms with Gasteiger partial charge in [-0.15, -0.1) is 0 Å². The summed E-state index contributed by atoms with van der Waals surface area (Å²) >= 11 is 0. The smallest absolute Gasteiger partial charge is 0.241 e. The summed E-state index contributed by atoms with van der Waals surface area (Å²) in [5, 5.41) is 0. The van der Waals surface area contributed by atoms with E-state index in [0.29, 0.717) is 5.56 Å². The molecule has 0 atom stereocenters. The van der Waals surface area contributed by atoms with Gasteiger partial charge < -0.3 is 5.73 Å². The summed E-state index contributed by atoms with van der Waals surface area (Å²) < 4.78 is 40.3. The molecule has 2 rings (SSSR count). The van der Waals surface area contributed by atoms with Crippen LogP contribution in [0.25, 0.3) is 0 Å². The Labute approximate surface area is 106 Å². The van der Waals surface area contributed by atoms with Crippen molar-refractivity contribution < 1.29 is 12.8 Å². The van der Waals surface area contributed by atoms with Crippen molar-refractivity contribution >= 4 is 10.0 Å². The third-order valence-corrected chi connectivity index (χ3v) is 5.10. The molecule has 18 heavy (non-hydrogen) atoms. The van der Waals surface area contributed by atoms with Gasteiger partial charge in [-0.25, -0.2) is 17.5 Å². The molecule has 1 fully saturated rings. The minimum Gasteiger partial charge on any atom is -0.326 e. The van der Waals surface area contributed by atoms with Gasteiger partial charge in [-0.1, -0.05) is 6.07 Å². The number of hydrogen-bond donors (Lipinski definition) is 2. The molecule has 0 aliphatic heterocycles. The van der Waals surface area contributed by atoms with Gasteiger partial charge in [-0.05, 0) is 43.9 Å². The molecule has 1 aliphatic rings. The second-order valence-corrected chi connectivity index (χ2v) is 6.63. The van der Waals surface area contributed by atoms with Crippen LogP contribution in [0.5, 0.6) is 0 Å². The Morgan fingerprint density at radius 1 is 1.44 bits per heavy atom. The van der Waals surface area contributed by atoms with E-state index < -0.39 is 21.4 Å². The lowest BCUT2D eigenvalue weighted by atomic mass is 9.80. The number of halogens is 1. The zero-order valence-electron chi connectivity index (χ0n) is 10.2. The Hall–Kier alpha value is -0.980. The Balaban J connectivity index is 2.37. The van der Waals surface area contributed by atoms with E-state index in [-0.39, 0.29) is 11.4 Å². The molecule has 1 aromatic carbocycles.